The monoisotopic (exact) mass is 282 g/mol. The second-order valence-corrected chi connectivity index (χ2v) is 4.91. The molecule has 0 radical (unpaired) electrons. The van der Waals surface area contributed by atoms with E-state index in [1.54, 1.807) is 30.3 Å². The van der Waals surface area contributed by atoms with E-state index in [1.807, 2.05) is 6.08 Å². The van der Waals surface area contributed by atoms with Crippen molar-refractivity contribution < 1.29 is 14.4 Å². The van der Waals surface area contributed by atoms with Gasteiger partial charge in [-0.2, -0.15) is 0 Å². The molecule has 0 saturated carbocycles. The highest BCUT2D eigenvalue weighted by Crippen LogP contribution is 2.27. The summed E-state index contributed by atoms with van der Waals surface area (Å²) >= 11 is 0. The van der Waals surface area contributed by atoms with Gasteiger partial charge in [0.2, 0.25) is 17.5 Å². The molecule has 1 aromatic carbocycles. The first-order valence-electron chi connectivity index (χ1n) is 6.71. The summed E-state index contributed by atoms with van der Waals surface area (Å²) in [6, 6.07) is 6.69. The fourth-order valence-corrected chi connectivity index (χ4v) is 2.59. The highest BCUT2D eigenvalue weighted by atomic mass is 16.2. The van der Waals surface area contributed by atoms with Gasteiger partial charge >= 0.3 is 0 Å². The van der Waals surface area contributed by atoms with Gasteiger partial charge in [0.05, 0.1) is 0 Å². The first-order valence-corrected chi connectivity index (χ1v) is 6.71. The van der Waals surface area contributed by atoms with E-state index in [-0.39, 0.29) is 35.4 Å². The Morgan fingerprint density at radius 1 is 1.10 bits per heavy atom. The van der Waals surface area contributed by atoms with Crippen LogP contribution in [-0.2, 0) is 4.79 Å². The van der Waals surface area contributed by atoms with E-state index in [4.69, 9.17) is 0 Å². The van der Waals surface area contributed by atoms with Crippen molar-refractivity contribution in [1.29, 1.82) is 0 Å². The third-order valence-corrected chi connectivity index (χ3v) is 3.60. The van der Waals surface area contributed by atoms with E-state index in [9.17, 15) is 14.4 Å². The number of benzene rings is 1. The Morgan fingerprint density at radius 3 is 2.43 bits per heavy atom. The van der Waals surface area contributed by atoms with E-state index in [2.05, 4.69) is 5.32 Å². The van der Waals surface area contributed by atoms with Crippen molar-refractivity contribution >= 4 is 17.5 Å². The summed E-state index contributed by atoms with van der Waals surface area (Å²) in [6.07, 6.45) is 3.63. The van der Waals surface area contributed by atoms with Crippen LogP contribution in [-0.4, -0.2) is 35.5 Å². The predicted octanol–water partition coefficient (Wildman–Crippen LogP) is 1.29. The fourth-order valence-electron chi connectivity index (χ4n) is 2.59. The van der Waals surface area contributed by atoms with Crippen LogP contribution < -0.4 is 5.32 Å². The zero-order valence-electron chi connectivity index (χ0n) is 11.6. The van der Waals surface area contributed by atoms with Crippen LogP contribution in [0.2, 0.25) is 0 Å². The Hall–Kier alpha value is -2.69. The van der Waals surface area contributed by atoms with Gasteiger partial charge in [0, 0.05) is 31.1 Å². The number of ketones is 2. The third-order valence-electron chi connectivity index (χ3n) is 3.60. The minimum atomic E-state index is -0.293. The molecule has 0 aromatic heterocycles. The zero-order valence-corrected chi connectivity index (χ0v) is 11.6. The molecule has 0 fully saturated rings. The standard InChI is InChI=1S/C16H14N2O3/c1-10(19)18-9-5-4-8-17-13-14(18)16(21)12-7-3-2-6-11(12)15(13)20/h2-7,17H,8-9H2,1H3/b5-4-. The molecule has 1 amide bonds. The molecule has 1 aliphatic heterocycles. The average Bonchev–Trinajstić information content (AvgIpc) is 2.44. The lowest BCUT2D eigenvalue weighted by Crippen LogP contribution is -2.41. The number of carbonyl (C=O) groups excluding carboxylic acids is 3. The summed E-state index contributed by atoms with van der Waals surface area (Å²) in [4.78, 5) is 38.5. The lowest BCUT2D eigenvalue weighted by atomic mass is 9.89. The van der Waals surface area contributed by atoms with Crippen LogP contribution in [0.15, 0.2) is 47.8 Å². The van der Waals surface area contributed by atoms with Gasteiger partial charge in [-0.15, -0.1) is 0 Å². The molecule has 0 atom stereocenters. The molecule has 0 bridgehead atoms. The number of carbonyl (C=O) groups is 3. The summed E-state index contributed by atoms with van der Waals surface area (Å²) in [6.45, 7) is 2.13. The first-order chi connectivity index (χ1) is 10.1. The maximum Gasteiger partial charge on any atom is 0.224 e. The SMILES string of the molecule is CC(=O)N1C/C=C\CNC2=C1C(=O)c1ccccc1C2=O. The molecule has 0 spiro atoms. The summed E-state index contributed by atoms with van der Waals surface area (Å²) in [5.41, 5.74) is 1.08. The fraction of sp³-hybridized carbons (Fsp3) is 0.188. The van der Waals surface area contributed by atoms with Gasteiger partial charge in [0.25, 0.3) is 0 Å². The molecule has 5 heteroatoms. The number of hydrogen-bond donors (Lipinski definition) is 1. The maximum atomic E-state index is 12.7. The van der Waals surface area contributed by atoms with Crippen LogP contribution in [0.4, 0.5) is 0 Å². The number of hydrogen-bond acceptors (Lipinski definition) is 4. The molecule has 3 rings (SSSR count). The summed E-state index contributed by atoms with van der Waals surface area (Å²) in [5, 5.41) is 2.96. The number of allylic oxidation sites excluding steroid dienone is 2. The molecule has 21 heavy (non-hydrogen) atoms. The first kappa shape index (κ1) is 13.3. The van der Waals surface area contributed by atoms with E-state index in [0.29, 0.717) is 17.7 Å². The van der Waals surface area contributed by atoms with Crippen LogP contribution >= 0.6 is 0 Å². The molecule has 5 nitrogen and oxygen atoms in total. The summed E-state index contributed by atoms with van der Waals surface area (Å²) in [5.74, 6) is -0.809. The molecular formula is C16H14N2O3. The number of amides is 1. The highest BCUT2D eigenvalue weighted by Gasteiger charge is 2.36. The van der Waals surface area contributed by atoms with Crippen molar-refractivity contribution in [2.75, 3.05) is 13.1 Å². The third kappa shape index (κ3) is 2.07. The van der Waals surface area contributed by atoms with Crippen molar-refractivity contribution in [2.45, 2.75) is 6.92 Å². The van der Waals surface area contributed by atoms with Crippen molar-refractivity contribution in [2.24, 2.45) is 0 Å². The minimum Gasteiger partial charge on any atom is -0.377 e. The second kappa shape index (κ2) is 5.01. The van der Waals surface area contributed by atoms with E-state index in [1.165, 1.54) is 11.8 Å². The molecule has 106 valence electrons. The molecule has 1 N–H and O–H groups in total. The lowest BCUT2D eigenvalue weighted by molar-refractivity contribution is -0.126. The van der Waals surface area contributed by atoms with Crippen LogP contribution in [0, 0.1) is 0 Å². The number of nitrogens with one attached hydrogen (secondary N) is 1. The average molecular weight is 282 g/mol. The van der Waals surface area contributed by atoms with Gasteiger partial charge in [-0.3, -0.25) is 14.4 Å². The van der Waals surface area contributed by atoms with Gasteiger partial charge in [-0.25, -0.2) is 0 Å². The molecule has 1 aliphatic carbocycles. The lowest BCUT2D eigenvalue weighted by Gasteiger charge is -2.29. The Labute approximate surface area is 121 Å². The molecule has 0 unspecified atom stereocenters. The van der Waals surface area contributed by atoms with E-state index < -0.39 is 0 Å². The summed E-state index contributed by atoms with van der Waals surface area (Å²) in [7, 11) is 0. The number of rotatable bonds is 0. The predicted molar refractivity (Wildman–Crippen MR) is 76.7 cm³/mol. The van der Waals surface area contributed by atoms with Gasteiger partial charge in [-0.1, -0.05) is 36.4 Å². The molecule has 2 aliphatic rings. The van der Waals surface area contributed by atoms with Gasteiger partial charge in [-0.05, 0) is 0 Å². The zero-order chi connectivity index (χ0) is 15.0. The smallest absolute Gasteiger partial charge is 0.224 e. The maximum absolute atomic E-state index is 12.7. The van der Waals surface area contributed by atoms with Crippen LogP contribution in [0.25, 0.3) is 0 Å². The topological polar surface area (TPSA) is 66.5 Å². The summed E-state index contributed by atoms with van der Waals surface area (Å²) < 4.78 is 0. The minimum absolute atomic E-state index is 0.149. The molecular weight excluding hydrogens is 268 g/mol. The second-order valence-electron chi connectivity index (χ2n) is 4.91. The largest absolute Gasteiger partial charge is 0.377 e. The van der Waals surface area contributed by atoms with Crippen molar-refractivity contribution in [3.8, 4) is 0 Å². The van der Waals surface area contributed by atoms with Crippen molar-refractivity contribution in [1.82, 2.24) is 10.2 Å². The number of fused-ring (bicyclic) bond motifs is 1. The quantitative estimate of drug-likeness (QED) is 0.728. The molecule has 1 heterocycles. The van der Waals surface area contributed by atoms with Crippen molar-refractivity contribution in [3.05, 3.63) is 58.9 Å². The Balaban J connectivity index is 2.21. The molecule has 1 aromatic rings. The van der Waals surface area contributed by atoms with Crippen LogP contribution in [0.3, 0.4) is 0 Å². The Morgan fingerprint density at radius 2 is 1.76 bits per heavy atom. The normalized spacial score (nSPS) is 19.2. The van der Waals surface area contributed by atoms with Crippen LogP contribution in [0.1, 0.15) is 27.6 Å². The van der Waals surface area contributed by atoms with Gasteiger partial charge in [0.15, 0.2) is 0 Å². The molecule has 0 saturated heterocycles. The van der Waals surface area contributed by atoms with E-state index in [0.717, 1.165) is 0 Å². The van der Waals surface area contributed by atoms with Gasteiger partial charge in [0.1, 0.15) is 11.4 Å². The Bertz CT molecular complexity index is 716. The number of Topliss-reactive ketones (excluding diaryl/α,β-unsaturated/α-hetero) is 2. The highest BCUT2D eigenvalue weighted by molar-refractivity contribution is 6.27. The van der Waals surface area contributed by atoms with Gasteiger partial charge < -0.3 is 10.2 Å². The van der Waals surface area contributed by atoms with Crippen molar-refractivity contribution in [3.63, 3.8) is 0 Å². The van der Waals surface area contributed by atoms with Crippen LogP contribution in [0.5, 0.6) is 0 Å². The Kier molecular flexibility index (Phi) is 3.17. The van der Waals surface area contributed by atoms with E-state index >= 15 is 0 Å². The number of nitrogens with zero attached hydrogens (tertiary/aromatic N) is 1.